The van der Waals surface area contributed by atoms with E-state index in [1.807, 2.05) is 38.1 Å². The molecule has 1 aromatic heterocycles. The maximum Gasteiger partial charge on any atom is 0.196 e. The van der Waals surface area contributed by atoms with E-state index in [1.165, 1.54) is 6.07 Å². The molecule has 0 saturated heterocycles. The lowest BCUT2D eigenvalue weighted by atomic mass is 9.92. The second-order valence-corrected chi connectivity index (χ2v) is 8.29. The van der Waals surface area contributed by atoms with Gasteiger partial charge >= 0.3 is 0 Å². The molecule has 1 aliphatic carbocycles. The van der Waals surface area contributed by atoms with Crippen LogP contribution in [0, 0.1) is 31.0 Å². The molecule has 5 heteroatoms. The third-order valence-electron chi connectivity index (χ3n) is 5.85. The third kappa shape index (κ3) is 3.56. The van der Waals surface area contributed by atoms with Crippen LogP contribution >= 0.6 is 0 Å². The van der Waals surface area contributed by atoms with Crippen molar-refractivity contribution in [2.75, 3.05) is 5.32 Å². The van der Waals surface area contributed by atoms with Gasteiger partial charge in [-0.25, -0.2) is 9.37 Å². The number of halogens is 1. The lowest BCUT2D eigenvalue weighted by molar-refractivity contribution is 0.104. The van der Waals surface area contributed by atoms with E-state index in [2.05, 4.69) is 17.5 Å². The highest BCUT2D eigenvalue weighted by molar-refractivity contribution is 6.24. The maximum absolute atomic E-state index is 14.9. The zero-order valence-electron chi connectivity index (χ0n) is 18.7. The summed E-state index contributed by atoms with van der Waals surface area (Å²) in [5, 5.41) is 13.3. The van der Waals surface area contributed by atoms with Gasteiger partial charge in [-0.3, -0.25) is 4.79 Å². The van der Waals surface area contributed by atoms with E-state index < -0.39 is 5.82 Å². The minimum atomic E-state index is -0.501. The van der Waals surface area contributed by atoms with Crippen molar-refractivity contribution in [3.05, 3.63) is 112 Å². The number of carbonyl (C=O) groups is 1. The second kappa shape index (κ2) is 8.42. The summed E-state index contributed by atoms with van der Waals surface area (Å²) in [6, 6.07) is 21.6. The first kappa shape index (κ1) is 21.3. The Labute approximate surface area is 197 Å². The van der Waals surface area contributed by atoms with Crippen molar-refractivity contribution in [2.24, 2.45) is 0 Å². The zero-order chi connectivity index (χ0) is 23.8. The van der Waals surface area contributed by atoms with Crippen LogP contribution in [-0.2, 0) is 0 Å². The van der Waals surface area contributed by atoms with Crippen molar-refractivity contribution in [2.45, 2.75) is 13.8 Å². The quantitative estimate of drug-likeness (QED) is 0.335. The summed E-state index contributed by atoms with van der Waals surface area (Å²) in [6.07, 6.45) is 3.39. The molecule has 4 nitrogen and oxygen atoms in total. The molecule has 1 heterocycles. The van der Waals surface area contributed by atoms with Gasteiger partial charge in [-0.1, -0.05) is 48.5 Å². The van der Waals surface area contributed by atoms with Crippen LogP contribution in [0.4, 0.5) is 10.1 Å². The van der Waals surface area contributed by atoms with Crippen LogP contribution in [0.15, 0.2) is 72.9 Å². The molecule has 164 valence electrons. The van der Waals surface area contributed by atoms with Gasteiger partial charge in [0.2, 0.25) is 0 Å². The van der Waals surface area contributed by atoms with Gasteiger partial charge < -0.3 is 5.32 Å². The Bertz CT molecular complexity index is 1530. The summed E-state index contributed by atoms with van der Waals surface area (Å²) in [5.74, 6) is -0.754. The van der Waals surface area contributed by atoms with E-state index >= 15 is 0 Å². The van der Waals surface area contributed by atoms with Gasteiger partial charge in [0.25, 0.3) is 0 Å². The monoisotopic (exact) mass is 445 g/mol. The van der Waals surface area contributed by atoms with Gasteiger partial charge in [-0.2, -0.15) is 5.26 Å². The zero-order valence-corrected chi connectivity index (χ0v) is 18.7. The maximum atomic E-state index is 14.9. The number of anilines is 1. The summed E-state index contributed by atoms with van der Waals surface area (Å²) < 4.78 is 14.9. The molecular weight excluding hydrogens is 425 g/mol. The van der Waals surface area contributed by atoms with Crippen LogP contribution in [0.25, 0.3) is 28.5 Å². The Balaban J connectivity index is 1.71. The number of nitriles is 1. The first-order chi connectivity index (χ1) is 16.5. The highest BCUT2D eigenvalue weighted by atomic mass is 19.1. The molecule has 0 atom stereocenters. The largest absolute Gasteiger partial charge is 0.362 e. The van der Waals surface area contributed by atoms with Crippen molar-refractivity contribution in [1.29, 1.82) is 5.26 Å². The van der Waals surface area contributed by atoms with Gasteiger partial charge in [0.15, 0.2) is 5.78 Å². The fraction of sp³-hybridized carbons (Fsp3) is 0.0690. The van der Waals surface area contributed by atoms with E-state index in [0.29, 0.717) is 22.5 Å². The number of fused-ring (bicyclic) bond motifs is 3. The van der Waals surface area contributed by atoms with Crippen molar-refractivity contribution >= 4 is 17.5 Å². The number of aromatic nitrogens is 1. The molecule has 1 N–H and O–H groups in total. The number of hydrogen-bond acceptors (Lipinski definition) is 4. The van der Waals surface area contributed by atoms with Crippen molar-refractivity contribution in [1.82, 2.24) is 4.98 Å². The summed E-state index contributed by atoms with van der Waals surface area (Å²) in [5.41, 5.74) is 6.07. The number of nitrogens with one attached hydrogen (secondary N) is 1. The average molecular weight is 445 g/mol. The van der Waals surface area contributed by atoms with Crippen LogP contribution in [0.1, 0.15) is 38.3 Å². The highest BCUT2D eigenvalue weighted by Crippen LogP contribution is 2.43. The molecule has 0 aliphatic heterocycles. The number of carbonyl (C=O) groups excluding carboxylic acids is 1. The predicted molar refractivity (Wildman–Crippen MR) is 132 cm³/mol. The molecule has 0 radical (unpaired) electrons. The van der Waals surface area contributed by atoms with Crippen LogP contribution in [-0.4, -0.2) is 10.8 Å². The van der Waals surface area contributed by atoms with Crippen molar-refractivity contribution < 1.29 is 9.18 Å². The molecule has 3 aromatic carbocycles. The lowest BCUT2D eigenvalue weighted by Gasteiger charge is -2.13. The number of benzene rings is 3. The Hall–Kier alpha value is -4.56. The normalized spacial score (nSPS) is 11.9. The van der Waals surface area contributed by atoms with Crippen molar-refractivity contribution in [3.8, 4) is 28.5 Å². The number of aryl methyl sites for hydroxylation is 2. The minimum absolute atomic E-state index is 0.156. The summed E-state index contributed by atoms with van der Waals surface area (Å²) in [6.45, 7) is 4.04. The second-order valence-electron chi connectivity index (χ2n) is 8.29. The Kier molecular flexibility index (Phi) is 5.27. The average Bonchev–Trinajstić information content (AvgIpc) is 3.10. The topological polar surface area (TPSA) is 65.8 Å². The fourth-order valence-corrected chi connectivity index (χ4v) is 4.48. The van der Waals surface area contributed by atoms with Gasteiger partial charge in [0.05, 0.1) is 22.5 Å². The molecule has 1 aliphatic rings. The number of nitrogens with zero attached hydrogens (tertiary/aromatic N) is 2. The molecule has 4 aromatic rings. The fourth-order valence-electron chi connectivity index (χ4n) is 4.48. The first-order valence-corrected chi connectivity index (χ1v) is 10.9. The summed E-state index contributed by atoms with van der Waals surface area (Å²) in [4.78, 5) is 18.0. The Morgan fingerprint density at radius 2 is 1.56 bits per heavy atom. The smallest absolute Gasteiger partial charge is 0.196 e. The molecule has 0 fully saturated rings. The number of pyridine rings is 1. The molecule has 0 saturated carbocycles. The van der Waals surface area contributed by atoms with Crippen LogP contribution in [0.3, 0.4) is 0 Å². The predicted octanol–water partition coefficient (Wildman–Crippen LogP) is 6.67. The first-order valence-electron chi connectivity index (χ1n) is 10.9. The Morgan fingerprint density at radius 3 is 2.24 bits per heavy atom. The SMILES string of the molecule is Cc1cc(C)cc(N/C=C/c2nc3c(c(-c4ccccc4F)c2C#N)C(=O)c2ccccc2-3)c1. The minimum Gasteiger partial charge on any atom is -0.362 e. The Morgan fingerprint density at radius 1 is 0.912 bits per heavy atom. The molecule has 0 unspecified atom stereocenters. The molecule has 0 amide bonds. The van der Waals surface area contributed by atoms with E-state index in [4.69, 9.17) is 4.98 Å². The number of rotatable bonds is 4. The molecule has 0 bridgehead atoms. The van der Waals surface area contributed by atoms with Crippen LogP contribution in [0.2, 0.25) is 0 Å². The van der Waals surface area contributed by atoms with Gasteiger partial charge in [-0.05, 0) is 49.2 Å². The summed E-state index contributed by atoms with van der Waals surface area (Å²) in [7, 11) is 0. The number of ketones is 1. The van der Waals surface area contributed by atoms with E-state index in [-0.39, 0.29) is 28.0 Å². The summed E-state index contributed by atoms with van der Waals surface area (Å²) >= 11 is 0. The van der Waals surface area contributed by atoms with Crippen LogP contribution in [0.5, 0.6) is 0 Å². The van der Waals surface area contributed by atoms with E-state index in [1.54, 1.807) is 42.6 Å². The molecule has 34 heavy (non-hydrogen) atoms. The standard InChI is InChI=1S/C29H20FN3O/c1-17-13-18(2)15-19(14-17)32-12-11-25-23(16-31)26(22-9-5-6-10-24(22)30)27-28(33-25)20-7-3-4-8-21(20)29(27)34/h3-15,32H,1-2H3/b12-11+. The van der Waals surface area contributed by atoms with E-state index in [9.17, 15) is 14.4 Å². The highest BCUT2D eigenvalue weighted by Gasteiger charge is 2.34. The van der Waals surface area contributed by atoms with Gasteiger partial charge in [0, 0.05) is 34.1 Å². The third-order valence-corrected chi connectivity index (χ3v) is 5.85. The van der Waals surface area contributed by atoms with E-state index in [0.717, 1.165) is 16.8 Å². The van der Waals surface area contributed by atoms with Crippen molar-refractivity contribution in [3.63, 3.8) is 0 Å². The molecular formula is C29H20FN3O. The molecule has 5 rings (SSSR count). The number of hydrogen-bond donors (Lipinski definition) is 1. The van der Waals surface area contributed by atoms with Crippen LogP contribution < -0.4 is 5.32 Å². The molecule has 0 spiro atoms. The van der Waals surface area contributed by atoms with Gasteiger partial charge in [-0.15, -0.1) is 0 Å². The lowest BCUT2D eigenvalue weighted by Crippen LogP contribution is -2.05. The van der Waals surface area contributed by atoms with Gasteiger partial charge in [0.1, 0.15) is 11.9 Å².